The van der Waals surface area contributed by atoms with Crippen molar-refractivity contribution in [3.63, 3.8) is 0 Å². The second kappa shape index (κ2) is 5.98. The molecule has 0 spiro atoms. The summed E-state index contributed by atoms with van der Waals surface area (Å²) in [5.74, 6) is -0.157. The molecule has 0 aliphatic carbocycles. The van der Waals surface area contributed by atoms with Crippen LogP contribution in [0.25, 0.3) is 0 Å². The predicted molar refractivity (Wildman–Crippen MR) is 73.0 cm³/mol. The molecule has 0 aromatic heterocycles. The van der Waals surface area contributed by atoms with Gasteiger partial charge in [0.15, 0.2) is 0 Å². The molecule has 0 aliphatic rings. The maximum Gasteiger partial charge on any atom is 0.127 e. The number of nitrogens with zero attached hydrogens (tertiary/aromatic N) is 1. The largest absolute Gasteiger partial charge is 0.298 e. The standard InChI is InChI=1S/C15H15ClFN/c1-18(10-12-5-4-7-14(16)9-12)11-13-6-2-3-8-15(13)17/h2-9H,10-11H2,1H3. The highest BCUT2D eigenvalue weighted by molar-refractivity contribution is 6.30. The van der Waals surface area contributed by atoms with Crippen LogP contribution in [0.2, 0.25) is 5.02 Å². The molecule has 0 amide bonds. The van der Waals surface area contributed by atoms with E-state index in [-0.39, 0.29) is 5.82 Å². The van der Waals surface area contributed by atoms with Gasteiger partial charge in [-0.1, -0.05) is 41.9 Å². The summed E-state index contributed by atoms with van der Waals surface area (Å²) in [6, 6.07) is 14.6. The van der Waals surface area contributed by atoms with Gasteiger partial charge in [0.05, 0.1) is 0 Å². The number of hydrogen-bond acceptors (Lipinski definition) is 1. The second-order valence-corrected chi connectivity index (χ2v) is 4.83. The third kappa shape index (κ3) is 3.56. The molecule has 1 nitrogen and oxygen atoms in total. The summed E-state index contributed by atoms with van der Waals surface area (Å²) < 4.78 is 13.5. The summed E-state index contributed by atoms with van der Waals surface area (Å²) in [5.41, 5.74) is 1.84. The summed E-state index contributed by atoms with van der Waals surface area (Å²) in [7, 11) is 1.97. The van der Waals surface area contributed by atoms with Gasteiger partial charge < -0.3 is 0 Å². The molecule has 0 N–H and O–H groups in total. The van der Waals surface area contributed by atoms with E-state index in [2.05, 4.69) is 4.90 Å². The van der Waals surface area contributed by atoms with Crippen LogP contribution in [-0.2, 0) is 13.1 Å². The maximum atomic E-state index is 13.5. The van der Waals surface area contributed by atoms with E-state index >= 15 is 0 Å². The molecule has 18 heavy (non-hydrogen) atoms. The average Bonchev–Trinajstić information content (AvgIpc) is 2.32. The third-order valence-electron chi connectivity index (χ3n) is 2.74. The lowest BCUT2D eigenvalue weighted by Crippen LogP contribution is -2.17. The predicted octanol–water partition coefficient (Wildman–Crippen LogP) is 4.11. The molecule has 94 valence electrons. The molecule has 0 heterocycles. The van der Waals surface area contributed by atoms with Crippen molar-refractivity contribution in [2.24, 2.45) is 0 Å². The monoisotopic (exact) mass is 263 g/mol. The third-order valence-corrected chi connectivity index (χ3v) is 2.97. The van der Waals surface area contributed by atoms with E-state index in [9.17, 15) is 4.39 Å². The van der Waals surface area contributed by atoms with Gasteiger partial charge in [0.25, 0.3) is 0 Å². The van der Waals surface area contributed by atoms with Gasteiger partial charge in [-0.25, -0.2) is 4.39 Å². The van der Waals surface area contributed by atoms with Gasteiger partial charge in [0.2, 0.25) is 0 Å². The zero-order chi connectivity index (χ0) is 13.0. The zero-order valence-electron chi connectivity index (χ0n) is 10.2. The first-order valence-corrected chi connectivity index (χ1v) is 6.19. The molecule has 0 unspecified atom stereocenters. The summed E-state index contributed by atoms with van der Waals surface area (Å²) in [5, 5.41) is 0.729. The number of halogens is 2. The molecular formula is C15H15ClFN. The normalized spacial score (nSPS) is 10.9. The van der Waals surface area contributed by atoms with Crippen molar-refractivity contribution in [3.05, 3.63) is 70.5 Å². The van der Waals surface area contributed by atoms with Crippen molar-refractivity contribution in [3.8, 4) is 0 Å². The Kier molecular flexibility index (Phi) is 4.34. The Bertz CT molecular complexity index is 527. The molecule has 0 bridgehead atoms. The Labute approximate surface area is 112 Å². The Morgan fingerprint density at radius 2 is 1.83 bits per heavy atom. The molecule has 0 saturated heterocycles. The van der Waals surface area contributed by atoms with Crippen molar-refractivity contribution in [1.29, 1.82) is 0 Å². The van der Waals surface area contributed by atoms with Gasteiger partial charge in [-0.2, -0.15) is 0 Å². The lowest BCUT2D eigenvalue weighted by Gasteiger charge is -2.17. The van der Waals surface area contributed by atoms with Crippen molar-refractivity contribution < 1.29 is 4.39 Å². The molecule has 2 rings (SSSR count). The molecule has 0 aliphatic heterocycles. The van der Waals surface area contributed by atoms with Crippen LogP contribution in [0, 0.1) is 5.82 Å². The SMILES string of the molecule is CN(Cc1cccc(Cl)c1)Cc1ccccc1F. The van der Waals surface area contributed by atoms with E-state index in [1.54, 1.807) is 6.07 Å². The molecule has 0 fully saturated rings. The van der Waals surface area contributed by atoms with E-state index in [4.69, 9.17) is 11.6 Å². The van der Waals surface area contributed by atoms with Gasteiger partial charge in [-0.05, 0) is 30.8 Å². The Morgan fingerprint density at radius 1 is 1.06 bits per heavy atom. The van der Waals surface area contributed by atoms with Crippen molar-refractivity contribution in [1.82, 2.24) is 4.90 Å². The lowest BCUT2D eigenvalue weighted by molar-refractivity contribution is 0.313. The van der Waals surface area contributed by atoms with Gasteiger partial charge in [0.1, 0.15) is 5.82 Å². The minimum atomic E-state index is -0.157. The fraction of sp³-hybridized carbons (Fsp3) is 0.200. The van der Waals surface area contributed by atoms with Gasteiger partial charge in [-0.3, -0.25) is 4.90 Å². The van der Waals surface area contributed by atoms with E-state index in [1.807, 2.05) is 43.4 Å². The first-order valence-electron chi connectivity index (χ1n) is 5.81. The smallest absolute Gasteiger partial charge is 0.127 e. The van der Waals surface area contributed by atoms with E-state index in [1.165, 1.54) is 6.07 Å². The number of rotatable bonds is 4. The summed E-state index contributed by atoms with van der Waals surface area (Å²) >= 11 is 5.94. The minimum absolute atomic E-state index is 0.157. The van der Waals surface area contributed by atoms with E-state index < -0.39 is 0 Å². The minimum Gasteiger partial charge on any atom is -0.298 e. The molecule has 0 saturated carbocycles. The molecule has 2 aromatic carbocycles. The fourth-order valence-corrected chi connectivity index (χ4v) is 2.13. The van der Waals surface area contributed by atoms with E-state index in [0.29, 0.717) is 12.1 Å². The second-order valence-electron chi connectivity index (χ2n) is 4.39. The van der Waals surface area contributed by atoms with Crippen LogP contribution in [0.4, 0.5) is 4.39 Å². The maximum absolute atomic E-state index is 13.5. The Morgan fingerprint density at radius 3 is 2.56 bits per heavy atom. The molecule has 0 atom stereocenters. The van der Waals surface area contributed by atoms with Crippen molar-refractivity contribution >= 4 is 11.6 Å². The number of hydrogen-bond donors (Lipinski definition) is 0. The van der Waals surface area contributed by atoms with Crippen LogP contribution in [0.3, 0.4) is 0 Å². The molecular weight excluding hydrogens is 249 g/mol. The first kappa shape index (κ1) is 13.1. The summed E-state index contributed by atoms with van der Waals surface area (Å²) in [6.45, 7) is 1.33. The Hall–Kier alpha value is -1.38. The first-order chi connectivity index (χ1) is 8.65. The quantitative estimate of drug-likeness (QED) is 0.802. The van der Waals surface area contributed by atoms with Crippen LogP contribution in [0.5, 0.6) is 0 Å². The van der Waals surface area contributed by atoms with Gasteiger partial charge >= 0.3 is 0 Å². The molecule has 0 radical (unpaired) electrons. The highest BCUT2D eigenvalue weighted by Crippen LogP contribution is 2.14. The highest BCUT2D eigenvalue weighted by atomic mass is 35.5. The highest BCUT2D eigenvalue weighted by Gasteiger charge is 2.05. The van der Waals surface area contributed by atoms with Crippen LogP contribution in [0.15, 0.2) is 48.5 Å². The lowest BCUT2D eigenvalue weighted by atomic mass is 10.1. The average molecular weight is 264 g/mol. The number of benzene rings is 2. The Balaban J connectivity index is 2.01. The van der Waals surface area contributed by atoms with Gasteiger partial charge in [0, 0.05) is 23.7 Å². The van der Waals surface area contributed by atoms with E-state index in [0.717, 1.165) is 17.1 Å². The van der Waals surface area contributed by atoms with Crippen LogP contribution >= 0.6 is 11.6 Å². The van der Waals surface area contributed by atoms with Crippen molar-refractivity contribution in [2.75, 3.05) is 7.05 Å². The summed E-state index contributed by atoms with van der Waals surface area (Å²) in [6.07, 6.45) is 0. The van der Waals surface area contributed by atoms with Crippen LogP contribution < -0.4 is 0 Å². The topological polar surface area (TPSA) is 3.24 Å². The van der Waals surface area contributed by atoms with Crippen LogP contribution in [0.1, 0.15) is 11.1 Å². The molecule has 3 heteroatoms. The fourth-order valence-electron chi connectivity index (χ4n) is 1.92. The molecule has 2 aromatic rings. The zero-order valence-corrected chi connectivity index (χ0v) is 11.0. The van der Waals surface area contributed by atoms with Gasteiger partial charge in [-0.15, -0.1) is 0 Å². The van der Waals surface area contributed by atoms with Crippen molar-refractivity contribution in [2.45, 2.75) is 13.1 Å². The summed E-state index contributed by atoms with van der Waals surface area (Å²) in [4.78, 5) is 2.06. The van der Waals surface area contributed by atoms with Crippen LogP contribution in [-0.4, -0.2) is 11.9 Å².